The standard InChI is InChI=1S/C16H19BrN4O3/c1-2-5-13-20-16(24-21-13)9-8-14(22)18-10-15(23)19-12-7-4-3-6-11(12)17/h3-4,6-7H,2,5,8-10H2,1H3,(H,18,22)(H,19,23). The minimum atomic E-state index is -0.293. The smallest absolute Gasteiger partial charge is 0.243 e. The second-order valence-electron chi connectivity index (χ2n) is 5.16. The molecular formula is C16H19BrN4O3. The number of carbonyl (C=O) groups excluding carboxylic acids is 2. The summed E-state index contributed by atoms with van der Waals surface area (Å²) in [6.45, 7) is 1.94. The zero-order valence-electron chi connectivity index (χ0n) is 13.3. The molecule has 8 heteroatoms. The highest BCUT2D eigenvalue weighted by molar-refractivity contribution is 9.10. The summed E-state index contributed by atoms with van der Waals surface area (Å²) in [5.74, 6) is 0.554. The Balaban J connectivity index is 1.70. The number of anilines is 1. The molecule has 0 aliphatic carbocycles. The molecule has 0 atom stereocenters. The van der Waals surface area contributed by atoms with E-state index in [4.69, 9.17) is 4.52 Å². The molecule has 1 heterocycles. The van der Waals surface area contributed by atoms with Crippen LogP contribution in [0, 0.1) is 0 Å². The molecule has 0 radical (unpaired) electrons. The Morgan fingerprint density at radius 1 is 1.21 bits per heavy atom. The predicted octanol–water partition coefficient (Wildman–Crippen LogP) is 2.47. The number of nitrogens with zero attached hydrogens (tertiary/aromatic N) is 2. The molecule has 2 rings (SSSR count). The van der Waals surface area contributed by atoms with Crippen molar-refractivity contribution in [2.45, 2.75) is 32.6 Å². The number of benzene rings is 1. The van der Waals surface area contributed by atoms with Crippen LogP contribution in [-0.2, 0) is 22.4 Å². The van der Waals surface area contributed by atoms with Gasteiger partial charge in [-0.1, -0.05) is 24.2 Å². The van der Waals surface area contributed by atoms with Crippen molar-refractivity contribution in [1.29, 1.82) is 0 Å². The molecule has 1 aromatic heterocycles. The van der Waals surface area contributed by atoms with Crippen molar-refractivity contribution in [3.05, 3.63) is 40.5 Å². The summed E-state index contributed by atoms with van der Waals surface area (Å²) in [6.07, 6.45) is 2.24. The highest BCUT2D eigenvalue weighted by Gasteiger charge is 2.10. The fraction of sp³-hybridized carbons (Fsp3) is 0.375. The number of amides is 2. The van der Waals surface area contributed by atoms with E-state index >= 15 is 0 Å². The average Bonchev–Trinajstić information content (AvgIpc) is 3.01. The normalized spacial score (nSPS) is 10.4. The first-order valence-electron chi connectivity index (χ1n) is 7.71. The summed E-state index contributed by atoms with van der Waals surface area (Å²) >= 11 is 3.34. The summed E-state index contributed by atoms with van der Waals surface area (Å²) in [5.41, 5.74) is 0.658. The van der Waals surface area contributed by atoms with Crippen LogP contribution in [0.4, 0.5) is 5.69 Å². The molecule has 0 saturated carbocycles. The van der Waals surface area contributed by atoms with E-state index in [1.807, 2.05) is 25.1 Å². The molecule has 0 saturated heterocycles. The van der Waals surface area contributed by atoms with E-state index < -0.39 is 0 Å². The van der Waals surface area contributed by atoms with E-state index in [9.17, 15) is 9.59 Å². The molecule has 0 aliphatic heterocycles. The van der Waals surface area contributed by atoms with Gasteiger partial charge in [0.1, 0.15) is 0 Å². The lowest BCUT2D eigenvalue weighted by Crippen LogP contribution is -2.33. The number of hydrogen-bond donors (Lipinski definition) is 2. The van der Waals surface area contributed by atoms with Crippen molar-refractivity contribution < 1.29 is 14.1 Å². The first-order chi connectivity index (χ1) is 11.6. The fourth-order valence-corrected chi connectivity index (χ4v) is 2.35. The van der Waals surface area contributed by atoms with Crippen LogP contribution in [0.2, 0.25) is 0 Å². The Kier molecular flexibility index (Phi) is 6.92. The van der Waals surface area contributed by atoms with Crippen LogP contribution in [0.1, 0.15) is 31.5 Å². The van der Waals surface area contributed by atoms with Crippen LogP contribution in [0.5, 0.6) is 0 Å². The van der Waals surface area contributed by atoms with E-state index in [1.165, 1.54) is 0 Å². The zero-order chi connectivity index (χ0) is 17.4. The molecule has 0 bridgehead atoms. The molecule has 7 nitrogen and oxygen atoms in total. The third kappa shape index (κ3) is 5.77. The average molecular weight is 395 g/mol. The Morgan fingerprint density at radius 2 is 2.00 bits per heavy atom. The van der Waals surface area contributed by atoms with Crippen LogP contribution in [0.15, 0.2) is 33.3 Å². The van der Waals surface area contributed by atoms with Crippen molar-refractivity contribution in [3.8, 4) is 0 Å². The van der Waals surface area contributed by atoms with Gasteiger partial charge in [0.25, 0.3) is 0 Å². The Morgan fingerprint density at radius 3 is 2.75 bits per heavy atom. The molecule has 128 valence electrons. The highest BCUT2D eigenvalue weighted by atomic mass is 79.9. The topological polar surface area (TPSA) is 97.1 Å². The lowest BCUT2D eigenvalue weighted by molar-refractivity contribution is -0.124. The maximum atomic E-state index is 11.8. The molecule has 0 fully saturated rings. The number of aryl methyl sites for hydroxylation is 2. The number of halogens is 1. The number of carbonyl (C=O) groups is 2. The molecule has 2 aromatic rings. The van der Waals surface area contributed by atoms with E-state index in [2.05, 4.69) is 36.7 Å². The van der Waals surface area contributed by atoms with Crippen molar-refractivity contribution in [2.75, 3.05) is 11.9 Å². The van der Waals surface area contributed by atoms with Gasteiger partial charge < -0.3 is 15.2 Å². The second kappa shape index (κ2) is 9.17. The summed E-state index contributed by atoms with van der Waals surface area (Å²) in [5, 5.41) is 9.11. The largest absolute Gasteiger partial charge is 0.347 e. The van der Waals surface area contributed by atoms with Gasteiger partial charge in [0.05, 0.1) is 12.2 Å². The molecule has 2 N–H and O–H groups in total. The quantitative estimate of drug-likeness (QED) is 0.716. The third-order valence-electron chi connectivity index (χ3n) is 3.14. The maximum absolute atomic E-state index is 11.8. The molecule has 1 aromatic carbocycles. The maximum Gasteiger partial charge on any atom is 0.243 e. The monoisotopic (exact) mass is 394 g/mol. The van der Waals surface area contributed by atoms with Crippen LogP contribution in [0.3, 0.4) is 0 Å². The van der Waals surface area contributed by atoms with E-state index in [0.29, 0.717) is 23.8 Å². The number of aromatic nitrogens is 2. The van der Waals surface area contributed by atoms with Gasteiger partial charge in [-0.3, -0.25) is 9.59 Å². The second-order valence-corrected chi connectivity index (χ2v) is 6.01. The van der Waals surface area contributed by atoms with Gasteiger partial charge in [-0.2, -0.15) is 4.98 Å². The van der Waals surface area contributed by atoms with Gasteiger partial charge >= 0.3 is 0 Å². The predicted molar refractivity (Wildman–Crippen MR) is 92.4 cm³/mol. The Hall–Kier alpha value is -2.22. The SMILES string of the molecule is CCCc1noc(CCC(=O)NCC(=O)Nc2ccccc2Br)n1. The van der Waals surface area contributed by atoms with E-state index in [0.717, 1.165) is 17.3 Å². The van der Waals surface area contributed by atoms with Crippen LogP contribution in [-0.4, -0.2) is 28.5 Å². The van der Waals surface area contributed by atoms with Gasteiger partial charge in [0, 0.05) is 23.7 Å². The van der Waals surface area contributed by atoms with Gasteiger partial charge in [-0.05, 0) is 34.5 Å². The van der Waals surface area contributed by atoms with Gasteiger partial charge in [0.2, 0.25) is 17.7 Å². The number of nitrogens with one attached hydrogen (secondary N) is 2. The highest BCUT2D eigenvalue weighted by Crippen LogP contribution is 2.20. The third-order valence-corrected chi connectivity index (χ3v) is 3.84. The van der Waals surface area contributed by atoms with E-state index in [1.54, 1.807) is 6.07 Å². The van der Waals surface area contributed by atoms with Crippen molar-refractivity contribution in [1.82, 2.24) is 15.5 Å². The number of hydrogen-bond acceptors (Lipinski definition) is 5. The van der Waals surface area contributed by atoms with Crippen molar-refractivity contribution in [3.63, 3.8) is 0 Å². The first-order valence-corrected chi connectivity index (χ1v) is 8.50. The van der Waals surface area contributed by atoms with Gasteiger partial charge in [-0.15, -0.1) is 0 Å². The summed E-state index contributed by atoms with van der Waals surface area (Å²) in [7, 11) is 0. The molecule has 0 spiro atoms. The summed E-state index contributed by atoms with van der Waals surface area (Å²) in [4.78, 5) is 27.8. The van der Waals surface area contributed by atoms with Gasteiger partial charge in [0.15, 0.2) is 5.82 Å². The molecule has 0 unspecified atom stereocenters. The molecule has 24 heavy (non-hydrogen) atoms. The van der Waals surface area contributed by atoms with Crippen molar-refractivity contribution in [2.24, 2.45) is 0 Å². The number of rotatable bonds is 8. The summed E-state index contributed by atoms with van der Waals surface area (Å²) < 4.78 is 5.84. The lowest BCUT2D eigenvalue weighted by atomic mass is 10.3. The molecular weight excluding hydrogens is 376 g/mol. The fourth-order valence-electron chi connectivity index (χ4n) is 1.96. The zero-order valence-corrected chi connectivity index (χ0v) is 14.9. The van der Waals surface area contributed by atoms with Crippen LogP contribution in [0.25, 0.3) is 0 Å². The first kappa shape index (κ1) is 18.1. The minimum Gasteiger partial charge on any atom is -0.347 e. The molecule has 0 aliphatic rings. The van der Waals surface area contributed by atoms with Crippen LogP contribution < -0.4 is 10.6 Å². The van der Waals surface area contributed by atoms with Crippen molar-refractivity contribution >= 4 is 33.4 Å². The van der Waals surface area contributed by atoms with Gasteiger partial charge in [-0.25, -0.2) is 0 Å². The van der Waals surface area contributed by atoms with Crippen LogP contribution >= 0.6 is 15.9 Å². The molecule has 2 amide bonds. The van der Waals surface area contributed by atoms with E-state index in [-0.39, 0.29) is 24.8 Å². The Bertz CT molecular complexity index is 702. The Labute approximate surface area is 148 Å². The minimum absolute atomic E-state index is 0.0922. The lowest BCUT2D eigenvalue weighted by Gasteiger charge is -2.08. The summed E-state index contributed by atoms with van der Waals surface area (Å²) in [6, 6.07) is 7.26. The number of para-hydroxylation sites is 1.